The number of aromatic hydroxyl groups is 1. The zero-order chi connectivity index (χ0) is 20.1. The Bertz CT molecular complexity index is 929. The van der Waals surface area contributed by atoms with Crippen LogP contribution in [0.25, 0.3) is 0 Å². The van der Waals surface area contributed by atoms with E-state index in [1.54, 1.807) is 24.7 Å². The van der Waals surface area contributed by atoms with E-state index in [2.05, 4.69) is 21.2 Å². The van der Waals surface area contributed by atoms with Crippen LogP contribution in [0, 0.1) is 0 Å². The van der Waals surface area contributed by atoms with Gasteiger partial charge in [-0.15, -0.1) is 0 Å². The van der Waals surface area contributed by atoms with Crippen molar-refractivity contribution < 1.29 is 9.90 Å². The van der Waals surface area contributed by atoms with Gasteiger partial charge in [0.25, 0.3) is 0 Å². The Labute approximate surface area is 169 Å². The van der Waals surface area contributed by atoms with Crippen molar-refractivity contribution >= 4 is 5.91 Å². The molecule has 3 unspecified atom stereocenters. The first-order valence-corrected chi connectivity index (χ1v) is 9.80. The SMILES string of the molecule is O=C(NC(CCn1ccnc1)c1ccccc1)C1CC(c2ccccc2O)NN1. The average Bonchev–Trinajstić information content (AvgIpc) is 3.44. The van der Waals surface area contributed by atoms with Crippen LogP contribution in [0.4, 0.5) is 0 Å². The first-order chi connectivity index (χ1) is 14.2. The van der Waals surface area contributed by atoms with E-state index >= 15 is 0 Å². The summed E-state index contributed by atoms with van der Waals surface area (Å²) in [7, 11) is 0. The molecule has 7 heteroatoms. The highest BCUT2D eigenvalue weighted by atomic mass is 16.3. The number of imidazole rings is 1. The van der Waals surface area contributed by atoms with Crippen LogP contribution in [0.15, 0.2) is 73.3 Å². The lowest BCUT2D eigenvalue weighted by atomic mass is 9.99. The van der Waals surface area contributed by atoms with Crippen LogP contribution in [-0.2, 0) is 11.3 Å². The van der Waals surface area contributed by atoms with Crippen LogP contribution in [-0.4, -0.2) is 26.6 Å². The van der Waals surface area contributed by atoms with E-state index in [-0.39, 0.29) is 29.8 Å². The molecule has 3 atom stereocenters. The van der Waals surface area contributed by atoms with Crippen molar-refractivity contribution in [3.8, 4) is 5.75 Å². The molecule has 0 saturated carbocycles. The Morgan fingerprint density at radius 1 is 1.17 bits per heavy atom. The number of aryl methyl sites for hydroxylation is 1. The Balaban J connectivity index is 1.42. The topological polar surface area (TPSA) is 91.2 Å². The molecule has 0 bridgehead atoms. The van der Waals surface area contributed by atoms with E-state index < -0.39 is 0 Å². The van der Waals surface area contributed by atoms with Crippen LogP contribution in [0.5, 0.6) is 5.75 Å². The lowest BCUT2D eigenvalue weighted by molar-refractivity contribution is -0.123. The van der Waals surface area contributed by atoms with E-state index in [0.29, 0.717) is 6.42 Å². The number of para-hydroxylation sites is 1. The number of hydrogen-bond acceptors (Lipinski definition) is 5. The number of benzene rings is 2. The largest absolute Gasteiger partial charge is 0.508 e. The predicted octanol–water partition coefficient (Wildman–Crippen LogP) is 2.44. The third kappa shape index (κ3) is 4.64. The Morgan fingerprint density at radius 2 is 1.97 bits per heavy atom. The predicted molar refractivity (Wildman–Crippen MR) is 110 cm³/mol. The van der Waals surface area contributed by atoms with Gasteiger partial charge < -0.3 is 15.0 Å². The molecule has 1 fully saturated rings. The number of carbonyl (C=O) groups excluding carboxylic acids is 1. The van der Waals surface area contributed by atoms with Gasteiger partial charge >= 0.3 is 0 Å². The van der Waals surface area contributed by atoms with E-state index in [0.717, 1.165) is 24.1 Å². The second kappa shape index (κ2) is 8.89. The summed E-state index contributed by atoms with van der Waals surface area (Å²) in [5, 5.41) is 13.3. The van der Waals surface area contributed by atoms with Crippen LogP contribution >= 0.6 is 0 Å². The van der Waals surface area contributed by atoms with Crippen LogP contribution < -0.4 is 16.2 Å². The lowest BCUT2D eigenvalue weighted by Crippen LogP contribution is -2.44. The number of hydrogen-bond donors (Lipinski definition) is 4. The maximum atomic E-state index is 13.0. The summed E-state index contributed by atoms with van der Waals surface area (Å²) in [4.78, 5) is 17.0. The van der Waals surface area contributed by atoms with Gasteiger partial charge in [0.1, 0.15) is 11.8 Å². The van der Waals surface area contributed by atoms with Gasteiger partial charge in [0, 0.05) is 24.5 Å². The molecule has 0 spiro atoms. The first-order valence-electron chi connectivity index (χ1n) is 9.80. The Morgan fingerprint density at radius 3 is 2.72 bits per heavy atom. The van der Waals surface area contributed by atoms with Gasteiger partial charge in [0.05, 0.1) is 18.4 Å². The van der Waals surface area contributed by atoms with Gasteiger partial charge in [0.15, 0.2) is 0 Å². The number of aromatic nitrogens is 2. The molecule has 1 aliphatic heterocycles. The van der Waals surface area contributed by atoms with Crippen molar-refractivity contribution in [1.82, 2.24) is 25.7 Å². The number of nitrogens with one attached hydrogen (secondary N) is 3. The molecule has 7 nitrogen and oxygen atoms in total. The number of amides is 1. The van der Waals surface area contributed by atoms with Crippen molar-refractivity contribution in [3.05, 3.63) is 84.4 Å². The van der Waals surface area contributed by atoms with Crippen LogP contribution in [0.3, 0.4) is 0 Å². The third-order valence-corrected chi connectivity index (χ3v) is 5.29. The minimum absolute atomic E-state index is 0.0603. The summed E-state index contributed by atoms with van der Waals surface area (Å²) >= 11 is 0. The summed E-state index contributed by atoms with van der Waals surface area (Å²) < 4.78 is 2.01. The second-order valence-corrected chi connectivity index (χ2v) is 7.25. The van der Waals surface area contributed by atoms with Crippen molar-refractivity contribution in [1.29, 1.82) is 0 Å². The molecule has 150 valence electrons. The molecule has 4 rings (SSSR count). The molecule has 1 aliphatic rings. The zero-order valence-electron chi connectivity index (χ0n) is 16.0. The normalized spacial score (nSPS) is 19.7. The Hall–Kier alpha value is -3.16. The molecule has 3 aromatic rings. The maximum Gasteiger partial charge on any atom is 0.239 e. The smallest absolute Gasteiger partial charge is 0.239 e. The number of carbonyl (C=O) groups is 1. The standard InChI is InChI=1S/C22H25N5O2/c28-21-9-5-4-8-17(21)19-14-20(26-25-19)22(29)24-18(16-6-2-1-3-7-16)10-12-27-13-11-23-15-27/h1-9,11,13,15,18-20,25-26,28H,10,12,14H2,(H,24,29). The highest BCUT2D eigenvalue weighted by molar-refractivity contribution is 5.82. The summed E-state index contributed by atoms with van der Waals surface area (Å²) in [6, 6.07) is 16.6. The maximum absolute atomic E-state index is 13.0. The van der Waals surface area contributed by atoms with Crippen LogP contribution in [0.1, 0.15) is 36.1 Å². The molecule has 1 saturated heterocycles. The van der Waals surface area contributed by atoms with Gasteiger partial charge in [0.2, 0.25) is 5.91 Å². The molecule has 4 N–H and O–H groups in total. The van der Waals surface area contributed by atoms with Gasteiger partial charge in [-0.25, -0.2) is 15.8 Å². The molecular formula is C22H25N5O2. The number of hydrazine groups is 1. The number of rotatable bonds is 7. The van der Waals surface area contributed by atoms with Crippen molar-refractivity contribution in [2.45, 2.75) is 37.5 Å². The molecule has 2 aromatic carbocycles. The average molecular weight is 391 g/mol. The fraction of sp³-hybridized carbons (Fsp3) is 0.273. The summed E-state index contributed by atoms with van der Waals surface area (Å²) in [5.74, 6) is 0.172. The molecular weight excluding hydrogens is 366 g/mol. The van der Waals surface area contributed by atoms with Gasteiger partial charge in [-0.1, -0.05) is 48.5 Å². The third-order valence-electron chi connectivity index (χ3n) is 5.29. The lowest BCUT2D eigenvalue weighted by Gasteiger charge is -2.21. The molecule has 0 radical (unpaired) electrons. The monoisotopic (exact) mass is 391 g/mol. The van der Waals surface area contributed by atoms with Crippen molar-refractivity contribution in [2.24, 2.45) is 0 Å². The zero-order valence-corrected chi connectivity index (χ0v) is 16.0. The number of nitrogens with zero attached hydrogens (tertiary/aromatic N) is 2. The quantitative estimate of drug-likeness (QED) is 0.497. The number of phenols is 1. The van der Waals surface area contributed by atoms with E-state index in [4.69, 9.17) is 0 Å². The second-order valence-electron chi connectivity index (χ2n) is 7.25. The minimum atomic E-state index is -0.376. The Kier molecular flexibility index (Phi) is 5.88. The van der Waals surface area contributed by atoms with E-state index in [9.17, 15) is 9.90 Å². The van der Waals surface area contributed by atoms with Crippen molar-refractivity contribution in [3.63, 3.8) is 0 Å². The van der Waals surface area contributed by atoms with Gasteiger partial charge in [-0.2, -0.15) is 0 Å². The van der Waals surface area contributed by atoms with E-state index in [1.807, 2.05) is 53.2 Å². The van der Waals surface area contributed by atoms with E-state index in [1.165, 1.54) is 0 Å². The summed E-state index contributed by atoms with van der Waals surface area (Å²) in [6.45, 7) is 0.761. The molecule has 2 heterocycles. The van der Waals surface area contributed by atoms with Gasteiger partial charge in [-0.3, -0.25) is 4.79 Å². The van der Waals surface area contributed by atoms with Crippen molar-refractivity contribution in [2.75, 3.05) is 0 Å². The minimum Gasteiger partial charge on any atom is -0.508 e. The first kappa shape index (κ1) is 19.2. The summed E-state index contributed by atoms with van der Waals surface area (Å²) in [6.07, 6.45) is 6.78. The fourth-order valence-corrected chi connectivity index (χ4v) is 3.69. The molecule has 29 heavy (non-hydrogen) atoms. The van der Waals surface area contributed by atoms with Crippen LogP contribution in [0.2, 0.25) is 0 Å². The molecule has 1 amide bonds. The molecule has 0 aliphatic carbocycles. The van der Waals surface area contributed by atoms with Gasteiger partial charge in [-0.05, 0) is 24.5 Å². The fourth-order valence-electron chi connectivity index (χ4n) is 3.69. The molecule has 1 aromatic heterocycles. The summed E-state index contributed by atoms with van der Waals surface area (Å²) in [5.41, 5.74) is 8.06. The number of phenolic OH excluding ortho intramolecular Hbond substituents is 1. The highest BCUT2D eigenvalue weighted by Crippen LogP contribution is 2.29. The highest BCUT2D eigenvalue weighted by Gasteiger charge is 2.32.